The van der Waals surface area contributed by atoms with E-state index in [0.29, 0.717) is 25.9 Å². The highest BCUT2D eigenvalue weighted by molar-refractivity contribution is 5.87. The molecule has 3 rings (SSSR count). The lowest BCUT2D eigenvalue weighted by Gasteiger charge is -2.34. The first-order valence-corrected chi connectivity index (χ1v) is 16.7. The van der Waals surface area contributed by atoms with Crippen LogP contribution in [0.15, 0.2) is 79.0 Å². The minimum absolute atomic E-state index is 0.337. The fourth-order valence-corrected chi connectivity index (χ4v) is 5.35. The van der Waals surface area contributed by atoms with E-state index in [2.05, 4.69) is 26.4 Å². The Balaban J connectivity index is 1.90. The summed E-state index contributed by atoms with van der Waals surface area (Å²) in [5.41, 5.74) is 5.54. The number of nitrogens with zero attached hydrogens (tertiary/aromatic N) is 2. The molecule has 0 saturated carbocycles. The molecule has 3 aromatic rings. The van der Waals surface area contributed by atoms with E-state index in [1.54, 1.807) is 11.2 Å². The third-order valence-electron chi connectivity index (χ3n) is 8.13. The molecule has 4 N–H and O–H groups in total. The predicted octanol–water partition coefficient (Wildman–Crippen LogP) is 5.24. The van der Waals surface area contributed by atoms with Gasteiger partial charge in [0.25, 0.3) is 5.91 Å². The first-order valence-electron chi connectivity index (χ1n) is 16.7. The van der Waals surface area contributed by atoms with Crippen molar-refractivity contribution in [1.29, 1.82) is 0 Å². The van der Waals surface area contributed by atoms with E-state index in [9.17, 15) is 19.2 Å². The summed E-state index contributed by atoms with van der Waals surface area (Å²) in [6.45, 7) is 11.8. The summed E-state index contributed by atoms with van der Waals surface area (Å²) in [6.07, 6.45) is 1.28. The van der Waals surface area contributed by atoms with Crippen LogP contribution in [0, 0.1) is 10.8 Å². The molecule has 2 aromatic carbocycles. The second-order valence-corrected chi connectivity index (χ2v) is 14.4. The van der Waals surface area contributed by atoms with Gasteiger partial charge in [0.15, 0.2) is 0 Å². The van der Waals surface area contributed by atoms with Crippen molar-refractivity contribution in [2.45, 2.75) is 79.1 Å². The summed E-state index contributed by atoms with van der Waals surface area (Å²) in [5.74, 6) is -0.758. The average Bonchev–Trinajstić information content (AvgIpc) is 3.08. The molecular formula is C38H52N6O6. The highest BCUT2D eigenvalue weighted by atomic mass is 16.5. The molecule has 0 bridgehead atoms. The number of rotatable bonds is 14. The van der Waals surface area contributed by atoms with Gasteiger partial charge in [0.05, 0.1) is 19.9 Å². The number of nitrogens with one attached hydrogen (secondary N) is 4. The summed E-state index contributed by atoms with van der Waals surface area (Å²) in [4.78, 5) is 56.3. The van der Waals surface area contributed by atoms with E-state index in [1.165, 1.54) is 14.2 Å². The van der Waals surface area contributed by atoms with Crippen LogP contribution >= 0.6 is 0 Å². The molecule has 0 aliphatic heterocycles. The van der Waals surface area contributed by atoms with Crippen molar-refractivity contribution < 1.29 is 28.7 Å². The summed E-state index contributed by atoms with van der Waals surface area (Å²) in [6, 6.07) is 21.3. The van der Waals surface area contributed by atoms with Crippen LogP contribution in [0.3, 0.4) is 0 Å². The lowest BCUT2D eigenvalue weighted by Crippen LogP contribution is -2.58. The molecule has 1 aromatic heterocycles. The monoisotopic (exact) mass is 688 g/mol. The zero-order chi connectivity index (χ0) is 36.9. The smallest absolute Gasteiger partial charge is 0.407 e. The van der Waals surface area contributed by atoms with Gasteiger partial charge in [0.1, 0.15) is 12.1 Å². The van der Waals surface area contributed by atoms with Gasteiger partial charge in [-0.1, -0.05) is 102 Å². The number of hydrogen-bond acceptors (Lipinski definition) is 8. The van der Waals surface area contributed by atoms with E-state index in [1.807, 2.05) is 114 Å². The van der Waals surface area contributed by atoms with Crippen molar-refractivity contribution in [1.82, 2.24) is 31.4 Å². The van der Waals surface area contributed by atoms with Crippen LogP contribution in [-0.4, -0.2) is 72.9 Å². The van der Waals surface area contributed by atoms with Crippen LogP contribution in [0.2, 0.25) is 0 Å². The Bertz CT molecular complexity index is 1540. The second-order valence-electron chi connectivity index (χ2n) is 14.4. The minimum atomic E-state index is -0.902. The van der Waals surface area contributed by atoms with Crippen LogP contribution in [-0.2, 0) is 32.0 Å². The Kier molecular flexibility index (Phi) is 14.3. The molecule has 0 saturated heterocycles. The van der Waals surface area contributed by atoms with Crippen molar-refractivity contribution in [2.24, 2.45) is 10.8 Å². The quantitative estimate of drug-likeness (QED) is 0.168. The van der Waals surface area contributed by atoms with Crippen LogP contribution in [0.4, 0.5) is 9.59 Å². The molecule has 3 atom stereocenters. The van der Waals surface area contributed by atoms with E-state index in [4.69, 9.17) is 9.47 Å². The van der Waals surface area contributed by atoms with E-state index < -0.39 is 41.0 Å². The van der Waals surface area contributed by atoms with Crippen LogP contribution in [0.5, 0.6) is 0 Å². The van der Waals surface area contributed by atoms with Gasteiger partial charge in [0.2, 0.25) is 5.91 Å². The van der Waals surface area contributed by atoms with Gasteiger partial charge in [-0.3, -0.25) is 20.0 Å². The number of hydrogen-bond donors (Lipinski definition) is 4. The lowest BCUT2D eigenvalue weighted by atomic mass is 9.86. The molecular weight excluding hydrogens is 636 g/mol. The van der Waals surface area contributed by atoms with Crippen molar-refractivity contribution in [3.05, 3.63) is 90.1 Å². The average molecular weight is 689 g/mol. The molecule has 0 fully saturated rings. The molecule has 270 valence electrons. The summed E-state index contributed by atoms with van der Waals surface area (Å²) in [5, 5.41) is 10.3. The van der Waals surface area contributed by atoms with Crippen LogP contribution in [0.1, 0.15) is 59.1 Å². The van der Waals surface area contributed by atoms with Crippen molar-refractivity contribution in [3.63, 3.8) is 0 Å². The Morgan fingerprint density at radius 3 is 1.78 bits per heavy atom. The van der Waals surface area contributed by atoms with Gasteiger partial charge >= 0.3 is 12.2 Å². The third-order valence-corrected chi connectivity index (χ3v) is 8.13. The number of ether oxygens (including phenoxy) is 2. The van der Waals surface area contributed by atoms with Gasteiger partial charge < -0.3 is 25.4 Å². The topological polar surface area (TPSA) is 151 Å². The molecule has 4 amide bonds. The summed E-state index contributed by atoms with van der Waals surface area (Å²) in [7, 11) is 2.51. The van der Waals surface area contributed by atoms with Gasteiger partial charge in [-0.2, -0.15) is 0 Å². The Labute approximate surface area is 295 Å². The molecule has 12 heteroatoms. The second kappa shape index (κ2) is 18.1. The van der Waals surface area contributed by atoms with Crippen molar-refractivity contribution in [2.75, 3.05) is 20.8 Å². The standard InChI is InChI=1S/C38H52N6O6/c1-37(2,3)31(41-35(47)49-7)33(45)40-29(24-26-14-10-9-11-15-26)21-23-44(43-34(46)32(38(4,5)6)42-36(48)50-8)25-27-17-19-28(20-18-27)30-16-12-13-22-39-30/h9-20,22,29,31-32H,21,23-25H2,1-8H3,(H,40,45)(H,41,47)(H,42,48)(H,43,46)/t29-,31-,32+/m1/s1. The van der Waals surface area contributed by atoms with Gasteiger partial charge in [-0.15, -0.1) is 0 Å². The number of pyridine rings is 1. The molecule has 0 aliphatic rings. The lowest BCUT2D eigenvalue weighted by molar-refractivity contribution is -0.131. The molecule has 50 heavy (non-hydrogen) atoms. The number of amides is 4. The number of alkyl carbamates (subject to hydrolysis) is 2. The Hall–Kier alpha value is -4.97. The number of carbonyl (C=O) groups is 4. The Morgan fingerprint density at radius 1 is 0.700 bits per heavy atom. The largest absolute Gasteiger partial charge is 0.453 e. The van der Waals surface area contributed by atoms with Crippen molar-refractivity contribution in [3.8, 4) is 11.3 Å². The maximum absolute atomic E-state index is 13.8. The van der Waals surface area contributed by atoms with Crippen LogP contribution in [0.25, 0.3) is 11.3 Å². The van der Waals surface area contributed by atoms with Gasteiger partial charge in [-0.25, -0.2) is 14.6 Å². The van der Waals surface area contributed by atoms with E-state index in [0.717, 1.165) is 22.4 Å². The van der Waals surface area contributed by atoms with Crippen LogP contribution < -0.4 is 21.4 Å². The Morgan fingerprint density at radius 2 is 1.26 bits per heavy atom. The molecule has 0 spiro atoms. The number of benzene rings is 2. The third kappa shape index (κ3) is 12.5. The molecule has 12 nitrogen and oxygen atoms in total. The maximum atomic E-state index is 13.8. The van der Waals surface area contributed by atoms with Gasteiger partial charge in [-0.05, 0) is 46.9 Å². The van der Waals surface area contributed by atoms with Crippen molar-refractivity contribution >= 4 is 24.0 Å². The molecule has 1 heterocycles. The predicted molar refractivity (Wildman–Crippen MR) is 192 cm³/mol. The zero-order valence-corrected chi connectivity index (χ0v) is 30.4. The number of aromatic nitrogens is 1. The first-order chi connectivity index (χ1) is 23.6. The molecule has 0 radical (unpaired) electrons. The first kappa shape index (κ1) is 39.5. The normalized spacial score (nSPS) is 13.4. The zero-order valence-electron chi connectivity index (χ0n) is 30.4. The molecule has 0 aliphatic carbocycles. The van der Waals surface area contributed by atoms with E-state index >= 15 is 0 Å². The SMILES string of the molecule is COC(=O)N[C@H](C(=O)N[C@H](CCN(Cc1ccc(-c2ccccn2)cc1)NC(=O)[C@H](NC(=O)OC)C(C)(C)C)Cc1ccccc1)C(C)(C)C. The summed E-state index contributed by atoms with van der Waals surface area (Å²) >= 11 is 0. The fourth-order valence-electron chi connectivity index (χ4n) is 5.35. The highest BCUT2D eigenvalue weighted by Gasteiger charge is 2.36. The molecule has 0 unspecified atom stereocenters. The highest BCUT2D eigenvalue weighted by Crippen LogP contribution is 2.22. The number of methoxy groups -OCH3 is 2. The van der Waals surface area contributed by atoms with Gasteiger partial charge in [0, 0.05) is 30.9 Å². The fraction of sp³-hybridized carbons (Fsp3) is 0.447. The summed E-state index contributed by atoms with van der Waals surface area (Å²) < 4.78 is 9.59. The minimum Gasteiger partial charge on any atom is -0.453 e. The number of carbonyl (C=O) groups excluding carboxylic acids is 4. The number of hydrazine groups is 1. The maximum Gasteiger partial charge on any atom is 0.407 e. The van der Waals surface area contributed by atoms with E-state index in [-0.39, 0.29) is 11.9 Å².